The van der Waals surface area contributed by atoms with Crippen molar-refractivity contribution in [2.24, 2.45) is 5.92 Å². The minimum absolute atomic E-state index is 0.0791. The molecule has 1 fully saturated rings. The molecule has 0 saturated heterocycles. The van der Waals surface area contributed by atoms with E-state index in [9.17, 15) is 9.59 Å². The highest BCUT2D eigenvalue weighted by Crippen LogP contribution is 2.37. The lowest BCUT2D eigenvalue weighted by Gasteiger charge is -2.36. The number of carbonyl (C=O) groups is 2. The summed E-state index contributed by atoms with van der Waals surface area (Å²) in [5.41, 5.74) is 2.15. The Bertz CT molecular complexity index is 752. The number of rotatable bonds is 4. The summed E-state index contributed by atoms with van der Waals surface area (Å²) in [6.45, 7) is 1.14. The van der Waals surface area contributed by atoms with Gasteiger partial charge in [0.1, 0.15) is 6.04 Å². The second-order valence-electron chi connectivity index (χ2n) is 6.45. The first-order valence-corrected chi connectivity index (χ1v) is 9.30. The number of hydrogen-bond donors (Lipinski definition) is 1. The number of amides is 2. The van der Waals surface area contributed by atoms with E-state index in [2.05, 4.69) is 11.4 Å². The summed E-state index contributed by atoms with van der Waals surface area (Å²) in [6.07, 6.45) is 2.74. The molecule has 1 atom stereocenters. The molecule has 4 rings (SSSR count). The highest BCUT2D eigenvalue weighted by molar-refractivity contribution is 7.09. The molecule has 2 heterocycles. The SMILES string of the molecule is O=C(NCc1cccs1)[C@@H]1c2ccccc2CCN1C(=O)C1CC1. The Morgan fingerprint density at radius 1 is 1.17 bits per heavy atom. The second kappa shape index (κ2) is 6.40. The fourth-order valence-corrected chi connectivity index (χ4v) is 3.98. The molecule has 0 unspecified atom stereocenters. The molecule has 1 N–H and O–H groups in total. The van der Waals surface area contributed by atoms with Gasteiger partial charge < -0.3 is 10.2 Å². The number of nitrogens with one attached hydrogen (secondary N) is 1. The Morgan fingerprint density at radius 3 is 2.75 bits per heavy atom. The first kappa shape index (κ1) is 15.4. The molecule has 124 valence electrons. The van der Waals surface area contributed by atoms with Gasteiger partial charge in [0.15, 0.2) is 0 Å². The molecule has 5 heteroatoms. The van der Waals surface area contributed by atoms with Crippen LogP contribution in [0.15, 0.2) is 41.8 Å². The second-order valence-corrected chi connectivity index (χ2v) is 7.49. The van der Waals surface area contributed by atoms with Crippen molar-refractivity contribution in [3.8, 4) is 0 Å². The fraction of sp³-hybridized carbons (Fsp3) is 0.368. The molecule has 2 amide bonds. The van der Waals surface area contributed by atoms with Gasteiger partial charge in [0.2, 0.25) is 11.8 Å². The molecule has 2 aliphatic rings. The van der Waals surface area contributed by atoms with Crippen LogP contribution in [0.5, 0.6) is 0 Å². The van der Waals surface area contributed by atoms with E-state index in [0.29, 0.717) is 13.1 Å². The van der Waals surface area contributed by atoms with Crippen molar-refractivity contribution in [2.75, 3.05) is 6.54 Å². The Kier molecular flexibility index (Phi) is 4.10. The smallest absolute Gasteiger partial charge is 0.247 e. The molecule has 24 heavy (non-hydrogen) atoms. The van der Waals surface area contributed by atoms with E-state index in [4.69, 9.17) is 0 Å². The Hall–Kier alpha value is -2.14. The van der Waals surface area contributed by atoms with Crippen LogP contribution in [0.4, 0.5) is 0 Å². The molecule has 1 aliphatic carbocycles. The Balaban J connectivity index is 1.59. The number of nitrogens with zero attached hydrogens (tertiary/aromatic N) is 1. The summed E-state index contributed by atoms with van der Waals surface area (Å²) < 4.78 is 0. The van der Waals surface area contributed by atoms with Crippen LogP contribution in [0.2, 0.25) is 0 Å². The number of fused-ring (bicyclic) bond motifs is 1. The Morgan fingerprint density at radius 2 is 2.00 bits per heavy atom. The monoisotopic (exact) mass is 340 g/mol. The molecule has 1 saturated carbocycles. The highest BCUT2D eigenvalue weighted by atomic mass is 32.1. The van der Waals surface area contributed by atoms with Crippen LogP contribution < -0.4 is 5.32 Å². The zero-order valence-electron chi connectivity index (χ0n) is 13.4. The number of carbonyl (C=O) groups excluding carboxylic acids is 2. The number of benzene rings is 1. The van der Waals surface area contributed by atoms with Crippen LogP contribution in [0.1, 0.15) is 34.9 Å². The van der Waals surface area contributed by atoms with Gasteiger partial charge in [-0.05, 0) is 41.8 Å². The molecule has 0 radical (unpaired) electrons. The van der Waals surface area contributed by atoms with Gasteiger partial charge in [-0.1, -0.05) is 30.3 Å². The third-order valence-corrected chi connectivity index (χ3v) is 5.63. The van der Waals surface area contributed by atoms with Gasteiger partial charge in [0, 0.05) is 17.3 Å². The predicted octanol–water partition coefficient (Wildman–Crippen LogP) is 2.90. The summed E-state index contributed by atoms with van der Waals surface area (Å²) in [7, 11) is 0. The van der Waals surface area contributed by atoms with Crippen LogP contribution >= 0.6 is 11.3 Å². The predicted molar refractivity (Wildman–Crippen MR) is 93.5 cm³/mol. The van der Waals surface area contributed by atoms with Gasteiger partial charge >= 0.3 is 0 Å². The van der Waals surface area contributed by atoms with E-state index in [1.165, 1.54) is 5.56 Å². The topological polar surface area (TPSA) is 49.4 Å². The number of hydrogen-bond acceptors (Lipinski definition) is 3. The van der Waals surface area contributed by atoms with Gasteiger partial charge in [-0.25, -0.2) is 0 Å². The van der Waals surface area contributed by atoms with Crippen LogP contribution in [0, 0.1) is 5.92 Å². The van der Waals surface area contributed by atoms with Gasteiger partial charge in [0.05, 0.1) is 6.54 Å². The first-order chi connectivity index (χ1) is 11.7. The maximum atomic E-state index is 12.9. The maximum absolute atomic E-state index is 12.9. The molecule has 0 bridgehead atoms. The third kappa shape index (κ3) is 2.96. The van der Waals surface area contributed by atoms with Crippen LogP contribution in [-0.4, -0.2) is 23.3 Å². The van der Waals surface area contributed by atoms with Gasteiger partial charge in [-0.2, -0.15) is 0 Å². The summed E-state index contributed by atoms with van der Waals surface area (Å²) in [5, 5.41) is 5.02. The zero-order valence-corrected chi connectivity index (χ0v) is 14.2. The third-order valence-electron chi connectivity index (χ3n) is 4.76. The molecular weight excluding hydrogens is 320 g/mol. The van der Waals surface area contributed by atoms with Crippen molar-refractivity contribution in [1.29, 1.82) is 0 Å². The van der Waals surface area contributed by atoms with E-state index >= 15 is 0 Å². The summed E-state index contributed by atoms with van der Waals surface area (Å²) in [6, 6.07) is 11.5. The van der Waals surface area contributed by atoms with Crippen LogP contribution in [0.25, 0.3) is 0 Å². The molecule has 1 aliphatic heterocycles. The van der Waals surface area contributed by atoms with Crippen molar-refractivity contribution in [3.05, 3.63) is 57.8 Å². The lowest BCUT2D eigenvalue weighted by Crippen LogP contribution is -2.47. The van der Waals surface area contributed by atoms with Crippen molar-refractivity contribution >= 4 is 23.2 Å². The van der Waals surface area contributed by atoms with E-state index in [-0.39, 0.29) is 17.7 Å². The average Bonchev–Trinajstić information content (AvgIpc) is 3.34. The van der Waals surface area contributed by atoms with Gasteiger partial charge in [0.25, 0.3) is 0 Å². The van der Waals surface area contributed by atoms with Crippen molar-refractivity contribution < 1.29 is 9.59 Å². The zero-order chi connectivity index (χ0) is 16.5. The Labute approximate surface area is 145 Å². The minimum atomic E-state index is -0.497. The standard InChI is InChI=1S/C19H20N2O2S/c22-18(20-12-15-5-3-11-24-15)17-16-6-2-1-4-13(16)9-10-21(17)19(23)14-7-8-14/h1-6,11,14,17H,7-10,12H2,(H,20,22)/t17-/m0/s1. The first-order valence-electron chi connectivity index (χ1n) is 8.42. The van der Waals surface area contributed by atoms with Crippen molar-refractivity contribution in [2.45, 2.75) is 31.8 Å². The lowest BCUT2D eigenvalue weighted by atomic mass is 9.91. The summed E-state index contributed by atoms with van der Waals surface area (Å²) >= 11 is 1.62. The molecule has 2 aromatic rings. The normalized spacial score (nSPS) is 19.7. The van der Waals surface area contributed by atoms with E-state index in [1.807, 2.05) is 35.7 Å². The number of thiophene rings is 1. The van der Waals surface area contributed by atoms with E-state index in [0.717, 1.165) is 29.7 Å². The average molecular weight is 340 g/mol. The minimum Gasteiger partial charge on any atom is -0.349 e. The largest absolute Gasteiger partial charge is 0.349 e. The fourth-order valence-electron chi connectivity index (χ4n) is 3.34. The van der Waals surface area contributed by atoms with Crippen molar-refractivity contribution in [3.63, 3.8) is 0 Å². The molecule has 1 aromatic heterocycles. The maximum Gasteiger partial charge on any atom is 0.247 e. The molecule has 4 nitrogen and oxygen atoms in total. The summed E-state index contributed by atoms with van der Waals surface area (Å²) in [4.78, 5) is 28.5. The van der Waals surface area contributed by atoms with Gasteiger partial charge in [-0.15, -0.1) is 11.3 Å². The highest BCUT2D eigenvalue weighted by Gasteiger charge is 2.41. The van der Waals surface area contributed by atoms with Crippen LogP contribution in [0.3, 0.4) is 0 Å². The quantitative estimate of drug-likeness (QED) is 0.930. The van der Waals surface area contributed by atoms with Crippen molar-refractivity contribution in [1.82, 2.24) is 10.2 Å². The van der Waals surface area contributed by atoms with E-state index < -0.39 is 6.04 Å². The summed E-state index contributed by atoms with van der Waals surface area (Å²) in [5.74, 6) is 0.188. The lowest BCUT2D eigenvalue weighted by molar-refractivity contribution is -0.142. The van der Waals surface area contributed by atoms with Gasteiger partial charge in [-0.3, -0.25) is 9.59 Å². The van der Waals surface area contributed by atoms with E-state index in [1.54, 1.807) is 16.2 Å². The molecule has 0 spiro atoms. The molecule has 1 aromatic carbocycles. The van der Waals surface area contributed by atoms with Crippen LogP contribution in [-0.2, 0) is 22.6 Å². The molecular formula is C19H20N2O2S.